The minimum atomic E-state index is 0.330. The van der Waals surface area contributed by atoms with Crippen molar-refractivity contribution in [1.29, 1.82) is 5.26 Å². The maximum Gasteiger partial charge on any atom is 0.115 e. The Hall–Kier alpha value is -2.27. The second-order valence-electron chi connectivity index (χ2n) is 5.22. The van der Waals surface area contributed by atoms with Gasteiger partial charge >= 0.3 is 0 Å². The van der Waals surface area contributed by atoms with Crippen molar-refractivity contribution in [3.63, 3.8) is 0 Å². The average molecular weight is 249 g/mol. The zero-order chi connectivity index (χ0) is 13.4. The summed E-state index contributed by atoms with van der Waals surface area (Å²) < 4.78 is 0. The molecule has 0 heterocycles. The molecule has 0 saturated heterocycles. The van der Waals surface area contributed by atoms with Crippen molar-refractivity contribution in [2.45, 2.75) is 25.2 Å². The Kier molecular flexibility index (Phi) is 2.76. The number of hydrogen-bond acceptors (Lipinski definition) is 2. The molecule has 94 valence electrons. The van der Waals surface area contributed by atoms with Gasteiger partial charge in [-0.1, -0.05) is 18.2 Å². The quantitative estimate of drug-likeness (QED) is 0.878. The van der Waals surface area contributed by atoms with Crippen LogP contribution in [0.15, 0.2) is 42.5 Å². The van der Waals surface area contributed by atoms with Crippen LogP contribution in [0.5, 0.6) is 5.75 Å². The Morgan fingerprint density at radius 1 is 1.11 bits per heavy atom. The summed E-state index contributed by atoms with van der Waals surface area (Å²) in [6, 6.07) is 15.6. The highest BCUT2D eigenvalue weighted by atomic mass is 16.3. The molecule has 0 aromatic heterocycles. The Labute approximate surface area is 112 Å². The highest BCUT2D eigenvalue weighted by Gasteiger charge is 2.40. The lowest BCUT2D eigenvalue weighted by molar-refractivity contribution is 0.474. The van der Waals surface area contributed by atoms with Crippen LogP contribution in [0.1, 0.15) is 40.5 Å². The molecule has 0 spiro atoms. The highest BCUT2D eigenvalue weighted by Crippen LogP contribution is 2.55. The van der Waals surface area contributed by atoms with Gasteiger partial charge in [-0.25, -0.2) is 0 Å². The van der Waals surface area contributed by atoms with Crippen LogP contribution in [0.25, 0.3) is 0 Å². The molecule has 1 N–H and O–H groups in total. The van der Waals surface area contributed by atoms with Gasteiger partial charge in [-0.05, 0) is 66.1 Å². The molecule has 2 aromatic rings. The number of phenols is 1. The Morgan fingerprint density at radius 3 is 2.47 bits per heavy atom. The number of aryl methyl sites for hydroxylation is 1. The summed E-state index contributed by atoms with van der Waals surface area (Å²) in [5.41, 5.74) is 4.49. The van der Waals surface area contributed by atoms with E-state index >= 15 is 0 Å². The third-order valence-corrected chi connectivity index (χ3v) is 3.91. The molecule has 1 aliphatic carbocycles. The summed E-state index contributed by atoms with van der Waals surface area (Å²) >= 11 is 0. The molecule has 19 heavy (non-hydrogen) atoms. The van der Waals surface area contributed by atoms with Gasteiger partial charge in [0.2, 0.25) is 0 Å². The summed E-state index contributed by atoms with van der Waals surface area (Å²) in [7, 11) is 0. The number of aromatic hydroxyl groups is 1. The van der Waals surface area contributed by atoms with Gasteiger partial charge in [0.1, 0.15) is 5.75 Å². The number of phenolic OH excluding ortho intramolecular Hbond substituents is 1. The number of hydrogen-bond donors (Lipinski definition) is 1. The van der Waals surface area contributed by atoms with Crippen LogP contribution in [0.2, 0.25) is 0 Å². The highest BCUT2D eigenvalue weighted by molar-refractivity contribution is 5.44. The van der Waals surface area contributed by atoms with Crippen LogP contribution in [-0.4, -0.2) is 5.11 Å². The molecule has 1 fully saturated rings. The largest absolute Gasteiger partial charge is 0.508 e. The molecule has 2 nitrogen and oxygen atoms in total. The van der Waals surface area contributed by atoms with Crippen molar-refractivity contribution < 1.29 is 5.11 Å². The molecule has 1 saturated carbocycles. The predicted molar refractivity (Wildman–Crippen MR) is 74.1 cm³/mol. The lowest BCUT2D eigenvalue weighted by atomic mass is 10.00. The van der Waals surface area contributed by atoms with Crippen molar-refractivity contribution in [2.75, 3.05) is 0 Å². The second-order valence-corrected chi connectivity index (χ2v) is 5.22. The summed E-state index contributed by atoms with van der Waals surface area (Å²) in [5, 5.41) is 18.3. The van der Waals surface area contributed by atoms with E-state index in [0.717, 1.165) is 12.0 Å². The average Bonchev–Trinajstić information content (AvgIpc) is 3.19. The fourth-order valence-electron chi connectivity index (χ4n) is 2.79. The first kappa shape index (κ1) is 11.8. The van der Waals surface area contributed by atoms with Crippen molar-refractivity contribution in [3.8, 4) is 11.8 Å². The Morgan fingerprint density at radius 2 is 1.84 bits per heavy atom. The van der Waals surface area contributed by atoms with E-state index in [1.54, 1.807) is 6.07 Å². The smallest absolute Gasteiger partial charge is 0.115 e. The lowest BCUT2D eigenvalue weighted by Gasteiger charge is -2.06. The van der Waals surface area contributed by atoms with Gasteiger partial charge < -0.3 is 5.11 Å². The number of benzene rings is 2. The SMILES string of the molecule is Cc1cc(O)ccc1C1CC1c1ccc(C#N)cc1. The van der Waals surface area contributed by atoms with Crippen molar-refractivity contribution in [3.05, 3.63) is 64.7 Å². The molecule has 0 bridgehead atoms. The van der Waals surface area contributed by atoms with E-state index in [9.17, 15) is 5.11 Å². The summed E-state index contributed by atoms with van der Waals surface area (Å²) in [4.78, 5) is 0. The van der Waals surface area contributed by atoms with Gasteiger partial charge in [-0.15, -0.1) is 0 Å². The van der Waals surface area contributed by atoms with Gasteiger partial charge in [0.25, 0.3) is 0 Å². The fraction of sp³-hybridized carbons (Fsp3) is 0.235. The van der Waals surface area contributed by atoms with Crippen molar-refractivity contribution in [1.82, 2.24) is 0 Å². The van der Waals surface area contributed by atoms with E-state index in [1.807, 2.05) is 31.2 Å². The molecule has 2 atom stereocenters. The third-order valence-electron chi connectivity index (χ3n) is 3.91. The maximum absolute atomic E-state index is 9.45. The van der Waals surface area contributed by atoms with Crippen LogP contribution in [-0.2, 0) is 0 Å². The predicted octanol–water partition coefficient (Wildman–Crippen LogP) is 3.84. The first-order valence-electron chi connectivity index (χ1n) is 6.48. The zero-order valence-corrected chi connectivity index (χ0v) is 10.8. The monoisotopic (exact) mass is 249 g/mol. The zero-order valence-electron chi connectivity index (χ0n) is 10.8. The summed E-state index contributed by atoms with van der Waals surface area (Å²) in [6.45, 7) is 2.04. The summed E-state index contributed by atoms with van der Waals surface area (Å²) in [6.07, 6.45) is 1.15. The molecule has 0 aliphatic heterocycles. The van der Waals surface area contributed by atoms with Crippen molar-refractivity contribution >= 4 is 0 Å². The Bertz CT molecular complexity index is 652. The van der Waals surface area contributed by atoms with Gasteiger partial charge in [-0.2, -0.15) is 5.26 Å². The minimum Gasteiger partial charge on any atom is -0.508 e. The first-order chi connectivity index (χ1) is 9.19. The molecule has 1 aliphatic rings. The third kappa shape index (κ3) is 2.20. The maximum atomic E-state index is 9.45. The topological polar surface area (TPSA) is 44.0 Å². The number of rotatable bonds is 2. The normalized spacial score (nSPS) is 20.8. The van der Waals surface area contributed by atoms with Gasteiger partial charge in [0.05, 0.1) is 11.6 Å². The van der Waals surface area contributed by atoms with Crippen LogP contribution in [0, 0.1) is 18.3 Å². The van der Waals surface area contributed by atoms with E-state index < -0.39 is 0 Å². The molecule has 3 rings (SSSR count). The van der Waals surface area contributed by atoms with Gasteiger partial charge in [0.15, 0.2) is 0 Å². The van der Waals surface area contributed by atoms with Crippen LogP contribution < -0.4 is 0 Å². The molecule has 2 aromatic carbocycles. The second kappa shape index (κ2) is 4.44. The molecular weight excluding hydrogens is 234 g/mol. The minimum absolute atomic E-state index is 0.330. The van der Waals surface area contributed by atoms with E-state index in [0.29, 0.717) is 23.1 Å². The molecule has 0 amide bonds. The number of nitriles is 1. The van der Waals surface area contributed by atoms with E-state index in [-0.39, 0.29) is 0 Å². The van der Waals surface area contributed by atoms with Crippen LogP contribution in [0.3, 0.4) is 0 Å². The van der Waals surface area contributed by atoms with E-state index in [2.05, 4.69) is 18.2 Å². The first-order valence-corrected chi connectivity index (χ1v) is 6.48. The standard InChI is InChI=1S/C17H15NO/c1-11-8-14(19)6-7-15(11)17-9-16(17)13-4-2-12(10-18)3-5-13/h2-8,16-17,19H,9H2,1H3. The van der Waals surface area contributed by atoms with Crippen molar-refractivity contribution in [2.24, 2.45) is 0 Å². The molecular formula is C17H15NO. The number of nitrogens with zero attached hydrogens (tertiary/aromatic N) is 1. The van der Waals surface area contributed by atoms with E-state index in [4.69, 9.17) is 5.26 Å². The van der Waals surface area contributed by atoms with Gasteiger partial charge in [0, 0.05) is 0 Å². The molecule has 0 radical (unpaired) electrons. The van der Waals surface area contributed by atoms with E-state index in [1.165, 1.54) is 11.1 Å². The van der Waals surface area contributed by atoms with Gasteiger partial charge in [-0.3, -0.25) is 0 Å². The lowest BCUT2D eigenvalue weighted by Crippen LogP contribution is -1.88. The molecule has 2 heteroatoms. The van der Waals surface area contributed by atoms with Crippen LogP contribution in [0.4, 0.5) is 0 Å². The fourth-order valence-corrected chi connectivity index (χ4v) is 2.79. The molecule has 2 unspecified atom stereocenters. The Balaban J connectivity index is 1.82. The van der Waals surface area contributed by atoms with Crippen LogP contribution >= 0.6 is 0 Å². The summed E-state index contributed by atoms with van der Waals surface area (Å²) in [5.74, 6) is 1.43.